The van der Waals surface area contributed by atoms with Crippen molar-refractivity contribution in [3.63, 3.8) is 0 Å². The summed E-state index contributed by atoms with van der Waals surface area (Å²) in [5.41, 5.74) is 3.14. The molecule has 0 aromatic heterocycles. The van der Waals surface area contributed by atoms with Gasteiger partial charge in [0, 0.05) is 29.9 Å². The Morgan fingerprint density at radius 3 is 2.20 bits per heavy atom. The van der Waals surface area contributed by atoms with Gasteiger partial charge in [0.1, 0.15) is 0 Å². The minimum absolute atomic E-state index is 0.0569. The lowest BCUT2D eigenvalue weighted by atomic mass is 9.82. The number of amides is 4. The fraction of sp³-hybridized carbons (Fsp3) is 0.333. The minimum Gasteiger partial charge on any atom is -0.378 e. The third-order valence-corrected chi connectivity index (χ3v) is 6.90. The summed E-state index contributed by atoms with van der Waals surface area (Å²) < 4.78 is 5.28. The summed E-state index contributed by atoms with van der Waals surface area (Å²) in [4.78, 5) is 54.1. The van der Waals surface area contributed by atoms with Crippen LogP contribution in [0, 0.1) is 11.8 Å². The van der Waals surface area contributed by atoms with Gasteiger partial charge in [-0.3, -0.25) is 24.1 Å². The van der Waals surface area contributed by atoms with Crippen LogP contribution in [-0.2, 0) is 14.3 Å². The number of benzene rings is 2. The molecule has 3 aliphatic rings. The van der Waals surface area contributed by atoms with Gasteiger partial charge >= 0.3 is 0 Å². The van der Waals surface area contributed by atoms with E-state index >= 15 is 0 Å². The summed E-state index contributed by atoms with van der Waals surface area (Å²) in [7, 11) is 0. The van der Waals surface area contributed by atoms with Crippen LogP contribution in [0.25, 0.3) is 0 Å². The third kappa shape index (κ3) is 4.49. The van der Waals surface area contributed by atoms with Gasteiger partial charge in [-0.1, -0.05) is 11.6 Å². The number of carbonyl (C=O) groups excluding carboxylic acids is 4. The normalized spacial score (nSPS) is 22.0. The van der Waals surface area contributed by atoms with E-state index in [-0.39, 0.29) is 35.5 Å². The molecular formula is C27H27N3O5. The Balaban J connectivity index is 1.23. The van der Waals surface area contributed by atoms with Crippen molar-refractivity contribution in [3.05, 3.63) is 71.3 Å². The van der Waals surface area contributed by atoms with Crippen molar-refractivity contribution >= 4 is 35.0 Å². The summed E-state index contributed by atoms with van der Waals surface area (Å²) >= 11 is 0. The highest BCUT2D eigenvalue weighted by Gasteiger charge is 2.48. The smallest absolute Gasteiger partial charge is 0.255 e. The molecule has 2 heterocycles. The Morgan fingerprint density at radius 2 is 1.51 bits per heavy atom. The molecule has 0 unspecified atom stereocenters. The van der Waals surface area contributed by atoms with Crippen LogP contribution in [0.5, 0.6) is 0 Å². The molecule has 180 valence electrons. The number of morpholine rings is 1. The lowest BCUT2D eigenvalue weighted by molar-refractivity contribution is -0.122. The van der Waals surface area contributed by atoms with E-state index in [0.717, 1.165) is 5.57 Å². The fourth-order valence-corrected chi connectivity index (χ4v) is 4.90. The van der Waals surface area contributed by atoms with Crippen molar-refractivity contribution < 1.29 is 23.9 Å². The summed E-state index contributed by atoms with van der Waals surface area (Å²) in [5.74, 6) is -1.32. The Labute approximate surface area is 203 Å². The summed E-state index contributed by atoms with van der Waals surface area (Å²) in [6.07, 6.45) is 3.24. The van der Waals surface area contributed by atoms with E-state index in [1.807, 2.05) is 13.0 Å². The molecule has 2 aliphatic heterocycles. The Bertz CT molecular complexity index is 1200. The van der Waals surface area contributed by atoms with E-state index in [4.69, 9.17) is 4.74 Å². The molecular weight excluding hydrogens is 446 g/mol. The maximum Gasteiger partial charge on any atom is 0.255 e. The average Bonchev–Trinajstić information content (AvgIpc) is 3.13. The van der Waals surface area contributed by atoms with Gasteiger partial charge in [-0.15, -0.1) is 0 Å². The monoisotopic (exact) mass is 473 g/mol. The minimum atomic E-state index is -0.323. The zero-order valence-electron chi connectivity index (χ0n) is 19.5. The van der Waals surface area contributed by atoms with Crippen LogP contribution in [0.3, 0.4) is 0 Å². The second-order valence-electron chi connectivity index (χ2n) is 9.20. The molecule has 0 radical (unpaired) electrons. The number of anilines is 2. The van der Waals surface area contributed by atoms with E-state index < -0.39 is 0 Å². The quantitative estimate of drug-likeness (QED) is 0.543. The SMILES string of the molecule is CC1=CC[C@H]2C(=O)N(c3ccc(C(=O)Nc4ccc(C(=O)N5CCOCC5)cc4)cc3)C(=O)[C@H]2C1. The molecule has 2 aromatic rings. The lowest BCUT2D eigenvalue weighted by Crippen LogP contribution is -2.40. The van der Waals surface area contributed by atoms with Crippen LogP contribution in [0.4, 0.5) is 11.4 Å². The zero-order chi connectivity index (χ0) is 24.5. The molecule has 35 heavy (non-hydrogen) atoms. The van der Waals surface area contributed by atoms with E-state index in [9.17, 15) is 19.2 Å². The van der Waals surface area contributed by atoms with Crippen LogP contribution in [0.15, 0.2) is 60.2 Å². The number of ether oxygens (including phenoxy) is 1. The number of nitrogens with zero attached hydrogens (tertiary/aromatic N) is 2. The molecule has 1 aliphatic carbocycles. The first kappa shape index (κ1) is 23.0. The molecule has 8 nitrogen and oxygen atoms in total. The van der Waals surface area contributed by atoms with E-state index in [0.29, 0.717) is 61.6 Å². The van der Waals surface area contributed by atoms with Gasteiger partial charge in [0.15, 0.2) is 0 Å². The van der Waals surface area contributed by atoms with Crippen molar-refractivity contribution in [3.8, 4) is 0 Å². The van der Waals surface area contributed by atoms with Gasteiger partial charge in [-0.05, 0) is 68.3 Å². The molecule has 4 amide bonds. The first-order valence-corrected chi connectivity index (χ1v) is 11.8. The molecule has 8 heteroatoms. The van der Waals surface area contributed by atoms with Gasteiger partial charge in [0.2, 0.25) is 11.8 Å². The Morgan fingerprint density at radius 1 is 0.886 bits per heavy atom. The summed E-state index contributed by atoms with van der Waals surface area (Å²) in [5, 5.41) is 2.82. The van der Waals surface area contributed by atoms with Crippen LogP contribution in [0.1, 0.15) is 40.5 Å². The van der Waals surface area contributed by atoms with Gasteiger partial charge in [0.25, 0.3) is 11.8 Å². The van der Waals surface area contributed by atoms with E-state index in [2.05, 4.69) is 5.32 Å². The number of nitrogens with one attached hydrogen (secondary N) is 1. The van der Waals surface area contributed by atoms with E-state index in [1.165, 1.54) is 4.90 Å². The lowest BCUT2D eigenvalue weighted by Gasteiger charge is -2.26. The van der Waals surface area contributed by atoms with Crippen molar-refractivity contribution in [2.75, 3.05) is 36.5 Å². The maximum absolute atomic E-state index is 12.9. The average molecular weight is 474 g/mol. The zero-order valence-corrected chi connectivity index (χ0v) is 19.5. The molecule has 0 spiro atoms. The van der Waals surface area contributed by atoms with Crippen LogP contribution < -0.4 is 10.2 Å². The molecule has 5 rings (SSSR count). The van der Waals surface area contributed by atoms with Crippen molar-refractivity contribution in [1.82, 2.24) is 4.90 Å². The fourth-order valence-electron chi connectivity index (χ4n) is 4.90. The van der Waals surface area contributed by atoms with E-state index in [1.54, 1.807) is 53.4 Å². The van der Waals surface area contributed by atoms with Gasteiger partial charge in [0.05, 0.1) is 30.7 Å². The number of hydrogen-bond donors (Lipinski definition) is 1. The number of imide groups is 1. The Kier molecular flexibility index (Phi) is 6.21. The maximum atomic E-state index is 12.9. The standard InChI is InChI=1S/C27H27N3O5/c1-17-2-11-22-23(16-17)27(34)30(26(22)33)21-9-5-18(6-10-21)24(31)28-20-7-3-19(4-8-20)25(32)29-12-14-35-15-13-29/h2-10,22-23H,11-16H2,1H3,(H,28,31)/t22-,23+/m1/s1. The van der Waals surface area contributed by atoms with Crippen molar-refractivity contribution in [2.24, 2.45) is 11.8 Å². The topological polar surface area (TPSA) is 96.0 Å². The molecule has 2 fully saturated rings. The Hall–Kier alpha value is -3.78. The summed E-state index contributed by atoms with van der Waals surface area (Å²) in [6.45, 7) is 4.20. The van der Waals surface area contributed by atoms with Crippen LogP contribution in [-0.4, -0.2) is 54.8 Å². The largest absolute Gasteiger partial charge is 0.378 e. The highest BCUT2D eigenvalue weighted by atomic mass is 16.5. The van der Waals surface area contributed by atoms with Crippen LogP contribution >= 0.6 is 0 Å². The summed E-state index contributed by atoms with van der Waals surface area (Å²) in [6, 6.07) is 13.2. The predicted octanol–water partition coefficient (Wildman–Crippen LogP) is 3.26. The molecule has 0 saturated carbocycles. The van der Waals surface area contributed by atoms with Gasteiger partial charge < -0.3 is 15.0 Å². The first-order chi connectivity index (χ1) is 16.9. The molecule has 2 atom stereocenters. The second-order valence-corrected chi connectivity index (χ2v) is 9.20. The van der Waals surface area contributed by atoms with Gasteiger partial charge in [-0.2, -0.15) is 0 Å². The number of rotatable bonds is 4. The third-order valence-electron chi connectivity index (χ3n) is 6.90. The number of hydrogen-bond acceptors (Lipinski definition) is 5. The molecule has 0 bridgehead atoms. The predicted molar refractivity (Wildman–Crippen MR) is 130 cm³/mol. The van der Waals surface area contributed by atoms with Crippen molar-refractivity contribution in [1.29, 1.82) is 0 Å². The highest BCUT2D eigenvalue weighted by Crippen LogP contribution is 2.39. The first-order valence-electron chi connectivity index (χ1n) is 11.8. The molecule has 2 aromatic carbocycles. The molecule has 2 saturated heterocycles. The second kappa shape index (κ2) is 9.46. The number of carbonyl (C=O) groups is 4. The number of fused-ring (bicyclic) bond motifs is 1. The highest BCUT2D eigenvalue weighted by molar-refractivity contribution is 6.22. The van der Waals surface area contributed by atoms with Crippen molar-refractivity contribution in [2.45, 2.75) is 19.8 Å². The van der Waals surface area contributed by atoms with Crippen LogP contribution in [0.2, 0.25) is 0 Å². The molecule has 1 N–H and O–H groups in total. The van der Waals surface area contributed by atoms with Gasteiger partial charge in [-0.25, -0.2) is 0 Å². The number of allylic oxidation sites excluding steroid dienone is 2.